The molecule has 4 nitrogen and oxygen atoms in total. The lowest BCUT2D eigenvalue weighted by Gasteiger charge is -2.02. The van der Waals surface area contributed by atoms with Crippen molar-refractivity contribution in [3.05, 3.63) is 0 Å². The highest BCUT2D eigenvalue weighted by molar-refractivity contribution is 5.73. The Labute approximate surface area is 67.1 Å². The molecule has 0 bridgehead atoms. The summed E-state index contributed by atoms with van der Waals surface area (Å²) in [5, 5.41) is 3.10. The van der Waals surface area contributed by atoms with Crippen LogP contribution < -0.4 is 11.1 Å². The highest BCUT2D eigenvalue weighted by atomic mass is 16.5. The molecule has 0 fully saturated rings. The number of ether oxygens (including phenoxy) is 1. The number of carbonyl (C=O) groups excluding carboxylic acids is 1. The number of primary amides is 1. The Hall–Kier alpha value is -0.610. The third kappa shape index (κ3) is 9.39. The molecule has 0 aliphatic rings. The summed E-state index contributed by atoms with van der Waals surface area (Å²) in [6.45, 7) is 4.87. The van der Waals surface area contributed by atoms with Crippen LogP contribution in [0.1, 0.15) is 13.3 Å². The van der Waals surface area contributed by atoms with Gasteiger partial charge in [0.25, 0.3) is 0 Å². The zero-order chi connectivity index (χ0) is 8.53. The molecule has 3 N–H and O–H groups in total. The third-order valence-electron chi connectivity index (χ3n) is 1.17. The molecule has 0 spiro atoms. The van der Waals surface area contributed by atoms with E-state index in [1.807, 2.05) is 6.92 Å². The van der Waals surface area contributed by atoms with Gasteiger partial charge in [-0.2, -0.15) is 0 Å². The molecule has 0 saturated heterocycles. The second-order valence-electron chi connectivity index (χ2n) is 2.18. The number of likely N-dealkylation sites (N-methyl/N-ethyl adjacent to an activating group) is 1. The van der Waals surface area contributed by atoms with E-state index >= 15 is 0 Å². The molecular formula is C7H16N2O2. The quantitative estimate of drug-likeness (QED) is 0.493. The average Bonchev–Trinajstić information content (AvgIpc) is 1.96. The van der Waals surface area contributed by atoms with Crippen LogP contribution in [0.3, 0.4) is 0 Å². The van der Waals surface area contributed by atoms with E-state index in [0.717, 1.165) is 13.1 Å². The van der Waals surface area contributed by atoms with Crippen molar-refractivity contribution in [1.29, 1.82) is 0 Å². The molecule has 0 atom stereocenters. The minimum Gasteiger partial charge on any atom is -0.380 e. The van der Waals surface area contributed by atoms with E-state index in [4.69, 9.17) is 10.5 Å². The molecule has 0 aliphatic heterocycles. The second kappa shape index (κ2) is 7.50. The highest BCUT2D eigenvalue weighted by Gasteiger charge is 1.92. The molecule has 0 saturated carbocycles. The van der Waals surface area contributed by atoms with E-state index in [9.17, 15) is 4.79 Å². The van der Waals surface area contributed by atoms with E-state index in [2.05, 4.69) is 5.32 Å². The largest absolute Gasteiger partial charge is 0.380 e. The molecule has 11 heavy (non-hydrogen) atoms. The summed E-state index contributed by atoms with van der Waals surface area (Å²) in [5.41, 5.74) is 4.90. The van der Waals surface area contributed by atoms with E-state index in [-0.39, 0.29) is 5.91 Å². The van der Waals surface area contributed by atoms with Gasteiger partial charge in [-0.1, -0.05) is 6.92 Å². The van der Waals surface area contributed by atoms with Gasteiger partial charge in [-0.3, -0.25) is 4.79 Å². The second-order valence-corrected chi connectivity index (χ2v) is 2.18. The molecule has 0 rings (SSSR count). The zero-order valence-corrected chi connectivity index (χ0v) is 6.93. The van der Waals surface area contributed by atoms with Gasteiger partial charge in [0.2, 0.25) is 5.91 Å². The number of hydrogen-bond acceptors (Lipinski definition) is 3. The number of nitrogens with one attached hydrogen (secondary N) is 1. The molecule has 4 heteroatoms. The first kappa shape index (κ1) is 10.4. The van der Waals surface area contributed by atoms with Gasteiger partial charge in [-0.25, -0.2) is 0 Å². The van der Waals surface area contributed by atoms with Crippen LogP contribution in [0.2, 0.25) is 0 Å². The van der Waals surface area contributed by atoms with Gasteiger partial charge >= 0.3 is 0 Å². The van der Waals surface area contributed by atoms with Crippen molar-refractivity contribution in [1.82, 2.24) is 5.32 Å². The van der Waals surface area contributed by atoms with Crippen molar-refractivity contribution in [2.75, 3.05) is 26.3 Å². The van der Waals surface area contributed by atoms with Crippen LogP contribution in [0.15, 0.2) is 0 Å². The lowest BCUT2D eigenvalue weighted by molar-refractivity contribution is -0.119. The zero-order valence-electron chi connectivity index (χ0n) is 6.93. The molecule has 0 aromatic carbocycles. The summed E-state index contributed by atoms with van der Waals surface area (Å²) in [4.78, 5) is 10.2. The number of hydrogen-bond donors (Lipinski definition) is 2. The third-order valence-corrected chi connectivity index (χ3v) is 1.17. The fourth-order valence-corrected chi connectivity index (χ4v) is 0.596. The van der Waals surface area contributed by atoms with Gasteiger partial charge in [-0.15, -0.1) is 0 Å². The molecule has 0 aromatic rings. The van der Waals surface area contributed by atoms with Gasteiger partial charge < -0.3 is 15.8 Å². The summed E-state index contributed by atoms with van der Waals surface area (Å²) < 4.78 is 5.08. The Kier molecular flexibility index (Phi) is 7.08. The van der Waals surface area contributed by atoms with Crippen LogP contribution in [0.4, 0.5) is 0 Å². The smallest absolute Gasteiger partial charge is 0.219 e. The van der Waals surface area contributed by atoms with Crippen LogP contribution in [0, 0.1) is 0 Å². The lowest BCUT2D eigenvalue weighted by atomic mass is 10.4. The first-order valence-electron chi connectivity index (χ1n) is 3.84. The summed E-state index contributed by atoms with van der Waals surface area (Å²) in [5.74, 6) is -0.312. The van der Waals surface area contributed by atoms with E-state index in [1.165, 1.54) is 0 Å². The average molecular weight is 160 g/mol. The van der Waals surface area contributed by atoms with Gasteiger partial charge in [0, 0.05) is 13.0 Å². The van der Waals surface area contributed by atoms with Crippen LogP contribution >= 0.6 is 0 Å². The summed E-state index contributed by atoms with van der Waals surface area (Å²) >= 11 is 0. The van der Waals surface area contributed by atoms with Crippen LogP contribution in [0.25, 0.3) is 0 Å². The minimum atomic E-state index is -0.312. The molecule has 66 valence electrons. The Bertz CT molecular complexity index is 107. The Morgan fingerprint density at radius 2 is 2.27 bits per heavy atom. The summed E-state index contributed by atoms with van der Waals surface area (Å²) in [6.07, 6.45) is 0.312. The Balaban J connectivity index is 2.85. The maximum Gasteiger partial charge on any atom is 0.219 e. The normalized spacial score (nSPS) is 9.91. The van der Waals surface area contributed by atoms with Gasteiger partial charge in [0.1, 0.15) is 0 Å². The fraction of sp³-hybridized carbons (Fsp3) is 0.857. The van der Waals surface area contributed by atoms with E-state index in [0.29, 0.717) is 19.6 Å². The maximum atomic E-state index is 10.2. The number of carbonyl (C=O) groups is 1. The molecule has 0 unspecified atom stereocenters. The van der Waals surface area contributed by atoms with E-state index in [1.54, 1.807) is 0 Å². The van der Waals surface area contributed by atoms with Crippen LogP contribution in [0.5, 0.6) is 0 Å². The predicted octanol–water partition coefficient (Wildman–Crippen LogP) is -0.512. The first-order valence-corrected chi connectivity index (χ1v) is 3.84. The topological polar surface area (TPSA) is 64.3 Å². The van der Waals surface area contributed by atoms with Gasteiger partial charge in [-0.05, 0) is 6.54 Å². The fourth-order valence-electron chi connectivity index (χ4n) is 0.596. The lowest BCUT2D eigenvalue weighted by Crippen LogP contribution is -2.20. The van der Waals surface area contributed by atoms with Crippen LogP contribution in [-0.4, -0.2) is 32.2 Å². The first-order chi connectivity index (χ1) is 5.27. The monoisotopic (exact) mass is 160 g/mol. The molecule has 0 aliphatic carbocycles. The standard InChI is InChI=1S/C7H16N2O2/c1-2-9-4-6-11-5-3-7(8)10/h9H,2-6H2,1H3,(H2,8,10). The SMILES string of the molecule is CCNCCOCCC(N)=O. The molecular weight excluding hydrogens is 144 g/mol. The highest BCUT2D eigenvalue weighted by Crippen LogP contribution is 1.79. The van der Waals surface area contributed by atoms with Crippen molar-refractivity contribution in [2.45, 2.75) is 13.3 Å². The summed E-state index contributed by atoms with van der Waals surface area (Å²) in [7, 11) is 0. The summed E-state index contributed by atoms with van der Waals surface area (Å²) in [6, 6.07) is 0. The van der Waals surface area contributed by atoms with Crippen molar-refractivity contribution in [2.24, 2.45) is 5.73 Å². The molecule has 0 heterocycles. The number of rotatable bonds is 7. The predicted molar refractivity (Wildman–Crippen MR) is 43.2 cm³/mol. The molecule has 0 radical (unpaired) electrons. The van der Waals surface area contributed by atoms with Crippen molar-refractivity contribution in [3.8, 4) is 0 Å². The van der Waals surface area contributed by atoms with Gasteiger partial charge in [0.05, 0.1) is 13.2 Å². The van der Waals surface area contributed by atoms with Crippen molar-refractivity contribution < 1.29 is 9.53 Å². The minimum absolute atomic E-state index is 0.312. The van der Waals surface area contributed by atoms with Crippen molar-refractivity contribution >= 4 is 5.91 Å². The van der Waals surface area contributed by atoms with E-state index < -0.39 is 0 Å². The molecule has 1 amide bonds. The number of amides is 1. The maximum absolute atomic E-state index is 10.2. The number of nitrogens with two attached hydrogens (primary N) is 1. The Morgan fingerprint density at radius 1 is 1.55 bits per heavy atom. The molecule has 0 aromatic heterocycles. The van der Waals surface area contributed by atoms with Gasteiger partial charge in [0.15, 0.2) is 0 Å². The van der Waals surface area contributed by atoms with Crippen LogP contribution in [-0.2, 0) is 9.53 Å². The van der Waals surface area contributed by atoms with Crippen molar-refractivity contribution in [3.63, 3.8) is 0 Å². The Morgan fingerprint density at radius 3 is 2.82 bits per heavy atom.